The quantitative estimate of drug-likeness (QED) is 0.860. The first-order valence-corrected chi connectivity index (χ1v) is 9.35. The molecule has 2 N–H and O–H groups in total. The van der Waals surface area contributed by atoms with Crippen molar-refractivity contribution >= 4 is 23.4 Å². The SMILES string of the molecule is NC(=O)CC[C@H]1CCCN(C(=O)c2cccc(-c3ccccc3Cl)c2)C1. The first-order valence-electron chi connectivity index (χ1n) is 8.97. The fraction of sp³-hybridized carbons (Fsp3) is 0.333. The molecule has 26 heavy (non-hydrogen) atoms. The van der Waals surface area contributed by atoms with E-state index in [4.69, 9.17) is 17.3 Å². The van der Waals surface area contributed by atoms with Gasteiger partial charge in [0.15, 0.2) is 0 Å². The number of nitrogens with two attached hydrogens (primary N) is 1. The van der Waals surface area contributed by atoms with E-state index in [0.29, 0.717) is 29.5 Å². The van der Waals surface area contributed by atoms with E-state index in [0.717, 1.165) is 36.9 Å². The van der Waals surface area contributed by atoms with E-state index in [-0.39, 0.29) is 11.8 Å². The Morgan fingerprint density at radius 3 is 2.73 bits per heavy atom. The summed E-state index contributed by atoms with van der Waals surface area (Å²) in [7, 11) is 0. The van der Waals surface area contributed by atoms with Crippen LogP contribution in [0.25, 0.3) is 11.1 Å². The minimum absolute atomic E-state index is 0.0303. The highest BCUT2D eigenvalue weighted by atomic mass is 35.5. The number of carbonyl (C=O) groups is 2. The van der Waals surface area contributed by atoms with Crippen molar-refractivity contribution in [1.82, 2.24) is 4.90 Å². The monoisotopic (exact) mass is 370 g/mol. The third-order valence-corrected chi connectivity index (χ3v) is 5.23. The average Bonchev–Trinajstić information content (AvgIpc) is 2.66. The molecule has 2 aromatic rings. The van der Waals surface area contributed by atoms with E-state index in [1.807, 2.05) is 53.4 Å². The highest BCUT2D eigenvalue weighted by Crippen LogP contribution is 2.29. The predicted octanol–water partition coefficient (Wildman–Crippen LogP) is 4.12. The number of likely N-dealkylation sites (tertiary alicyclic amines) is 1. The zero-order chi connectivity index (χ0) is 18.5. The van der Waals surface area contributed by atoms with E-state index in [9.17, 15) is 9.59 Å². The highest BCUT2D eigenvalue weighted by molar-refractivity contribution is 6.33. The Hall–Kier alpha value is -2.33. The maximum atomic E-state index is 13.0. The maximum absolute atomic E-state index is 13.0. The van der Waals surface area contributed by atoms with Crippen LogP contribution >= 0.6 is 11.6 Å². The van der Waals surface area contributed by atoms with Gasteiger partial charge in [0.2, 0.25) is 5.91 Å². The first kappa shape index (κ1) is 18.5. The molecule has 1 saturated heterocycles. The summed E-state index contributed by atoms with van der Waals surface area (Å²) in [5.41, 5.74) is 7.77. The lowest BCUT2D eigenvalue weighted by Gasteiger charge is -2.33. The van der Waals surface area contributed by atoms with Gasteiger partial charge in [-0.1, -0.05) is 41.9 Å². The Labute approximate surface area is 158 Å². The van der Waals surface area contributed by atoms with Crippen LogP contribution < -0.4 is 5.73 Å². The molecule has 0 bridgehead atoms. The standard InChI is InChI=1S/C21H23ClN2O2/c22-19-9-2-1-8-18(19)16-6-3-7-17(13-16)21(26)24-12-4-5-15(14-24)10-11-20(23)25/h1-3,6-9,13,15H,4-5,10-12,14H2,(H2,23,25)/t15-/m1/s1. The van der Waals surface area contributed by atoms with Crippen LogP contribution in [0.4, 0.5) is 0 Å². The van der Waals surface area contributed by atoms with Crippen molar-refractivity contribution in [2.75, 3.05) is 13.1 Å². The van der Waals surface area contributed by atoms with Crippen molar-refractivity contribution in [3.8, 4) is 11.1 Å². The number of rotatable bonds is 5. The summed E-state index contributed by atoms with van der Waals surface area (Å²) in [4.78, 5) is 25.9. The second-order valence-electron chi connectivity index (χ2n) is 6.83. The molecule has 3 rings (SSSR count). The normalized spacial score (nSPS) is 17.1. The van der Waals surface area contributed by atoms with Crippen LogP contribution in [0.1, 0.15) is 36.0 Å². The lowest BCUT2D eigenvalue weighted by atomic mass is 9.92. The largest absolute Gasteiger partial charge is 0.370 e. The average molecular weight is 371 g/mol. The number of hydrogen-bond donors (Lipinski definition) is 1. The summed E-state index contributed by atoms with van der Waals surface area (Å²) in [6.45, 7) is 1.44. The van der Waals surface area contributed by atoms with Gasteiger partial charge in [0.25, 0.3) is 5.91 Å². The maximum Gasteiger partial charge on any atom is 0.253 e. The second kappa shape index (κ2) is 8.37. The molecular weight excluding hydrogens is 348 g/mol. The zero-order valence-corrected chi connectivity index (χ0v) is 15.4. The summed E-state index contributed by atoms with van der Waals surface area (Å²) < 4.78 is 0. The van der Waals surface area contributed by atoms with Gasteiger partial charge in [-0.2, -0.15) is 0 Å². The van der Waals surface area contributed by atoms with Crippen molar-refractivity contribution in [3.05, 3.63) is 59.1 Å². The van der Waals surface area contributed by atoms with Gasteiger partial charge >= 0.3 is 0 Å². The molecule has 2 aromatic carbocycles. The molecule has 136 valence electrons. The number of nitrogens with zero attached hydrogens (tertiary/aromatic N) is 1. The number of piperidine rings is 1. The Morgan fingerprint density at radius 2 is 1.96 bits per heavy atom. The molecular formula is C21H23ClN2O2. The Kier molecular flexibility index (Phi) is 5.94. The molecule has 1 heterocycles. The molecule has 0 aromatic heterocycles. The molecule has 0 saturated carbocycles. The van der Waals surface area contributed by atoms with Crippen molar-refractivity contribution in [1.29, 1.82) is 0 Å². The number of carbonyl (C=O) groups excluding carboxylic acids is 2. The fourth-order valence-electron chi connectivity index (χ4n) is 3.53. The summed E-state index contributed by atoms with van der Waals surface area (Å²) in [5, 5.41) is 0.668. The second-order valence-corrected chi connectivity index (χ2v) is 7.23. The summed E-state index contributed by atoms with van der Waals surface area (Å²) >= 11 is 6.29. The predicted molar refractivity (Wildman–Crippen MR) is 104 cm³/mol. The third-order valence-electron chi connectivity index (χ3n) is 4.90. The molecule has 1 fully saturated rings. The Bertz CT molecular complexity index is 806. The fourth-order valence-corrected chi connectivity index (χ4v) is 3.77. The van der Waals surface area contributed by atoms with Crippen LogP contribution in [0.5, 0.6) is 0 Å². The minimum atomic E-state index is -0.277. The number of hydrogen-bond acceptors (Lipinski definition) is 2. The van der Waals surface area contributed by atoms with E-state index in [1.54, 1.807) is 0 Å². The van der Waals surface area contributed by atoms with Gasteiger partial charge in [-0.3, -0.25) is 9.59 Å². The lowest BCUT2D eigenvalue weighted by Crippen LogP contribution is -2.40. The van der Waals surface area contributed by atoms with Gasteiger partial charge in [-0.05, 0) is 48.9 Å². The number of primary amides is 1. The van der Waals surface area contributed by atoms with Crippen LogP contribution in [0, 0.1) is 5.92 Å². The van der Waals surface area contributed by atoms with Crippen LogP contribution in [0.15, 0.2) is 48.5 Å². The number of halogens is 1. The van der Waals surface area contributed by atoms with Crippen LogP contribution in [-0.4, -0.2) is 29.8 Å². The lowest BCUT2D eigenvalue weighted by molar-refractivity contribution is -0.118. The number of amides is 2. The highest BCUT2D eigenvalue weighted by Gasteiger charge is 2.24. The molecule has 0 radical (unpaired) electrons. The molecule has 2 amide bonds. The summed E-state index contributed by atoms with van der Waals surface area (Å²) in [6, 6.07) is 15.2. The topological polar surface area (TPSA) is 63.4 Å². The van der Waals surface area contributed by atoms with Crippen LogP contribution in [0.2, 0.25) is 5.02 Å². The summed E-state index contributed by atoms with van der Waals surface area (Å²) in [6.07, 6.45) is 3.13. The van der Waals surface area contributed by atoms with E-state index in [2.05, 4.69) is 0 Å². The van der Waals surface area contributed by atoms with E-state index >= 15 is 0 Å². The number of benzene rings is 2. The molecule has 0 unspecified atom stereocenters. The summed E-state index contributed by atoms with van der Waals surface area (Å²) in [5.74, 6) is 0.0931. The minimum Gasteiger partial charge on any atom is -0.370 e. The third kappa shape index (κ3) is 4.44. The van der Waals surface area contributed by atoms with Gasteiger partial charge < -0.3 is 10.6 Å². The molecule has 4 nitrogen and oxygen atoms in total. The van der Waals surface area contributed by atoms with Crippen molar-refractivity contribution in [2.24, 2.45) is 11.7 Å². The van der Waals surface area contributed by atoms with Gasteiger partial charge in [-0.15, -0.1) is 0 Å². The molecule has 0 aliphatic carbocycles. The van der Waals surface area contributed by atoms with Gasteiger partial charge in [0.05, 0.1) is 0 Å². The van der Waals surface area contributed by atoms with Gasteiger partial charge in [0.1, 0.15) is 0 Å². The molecule has 5 heteroatoms. The van der Waals surface area contributed by atoms with Gasteiger partial charge in [-0.25, -0.2) is 0 Å². The van der Waals surface area contributed by atoms with E-state index < -0.39 is 0 Å². The molecule has 1 aliphatic rings. The first-order chi connectivity index (χ1) is 12.5. The molecule has 1 atom stereocenters. The van der Waals surface area contributed by atoms with Gasteiger partial charge in [0, 0.05) is 35.7 Å². The van der Waals surface area contributed by atoms with Crippen molar-refractivity contribution < 1.29 is 9.59 Å². The Morgan fingerprint density at radius 1 is 1.15 bits per heavy atom. The van der Waals surface area contributed by atoms with E-state index in [1.165, 1.54) is 0 Å². The van der Waals surface area contributed by atoms with Crippen molar-refractivity contribution in [3.63, 3.8) is 0 Å². The van der Waals surface area contributed by atoms with Crippen LogP contribution in [0.3, 0.4) is 0 Å². The zero-order valence-electron chi connectivity index (χ0n) is 14.7. The van der Waals surface area contributed by atoms with Crippen molar-refractivity contribution in [2.45, 2.75) is 25.7 Å². The molecule has 1 aliphatic heterocycles. The smallest absolute Gasteiger partial charge is 0.253 e. The van der Waals surface area contributed by atoms with Crippen LogP contribution in [-0.2, 0) is 4.79 Å². The Balaban J connectivity index is 1.74. The molecule has 0 spiro atoms.